The van der Waals surface area contributed by atoms with Crippen LogP contribution in [0.3, 0.4) is 0 Å². The number of pyridine rings is 2. The van der Waals surface area contributed by atoms with Gasteiger partial charge in [-0.1, -0.05) is 0 Å². The molecule has 0 unspecified atom stereocenters. The minimum atomic E-state index is -0.768. The van der Waals surface area contributed by atoms with Crippen molar-refractivity contribution in [2.24, 2.45) is 5.92 Å². The second-order valence-corrected chi connectivity index (χ2v) is 8.85. The quantitative estimate of drug-likeness (QED) is 0.516. The molecule has 1 aliphatic carbocycles. The van der Waals surface area contributed by atoms with E-state index in [0.717, 1.165) is 33.7 Å². The van der Waals surface area contributed by atoms with Crippen molar-refractivity contribution in [2.75, 3.05) is 0 Å². The van der Waals surface area contributed by atoms with E-state index in [9.17, 15) is 10.4 Å². The topological polar surface area (TPSA) is 116 Å². The zero-order chi connectivity index (χ0) is 21.6. The van der Waals surface area contributed by atoms with Crippen molar-refractivity contribution < 1.29 is 5.11 Å². The fourth-order valence-electron chi connectivity index (χ4n) is 4.44. The summed E-state index contributed by atoms with van der Waals surface area (Å²) in [7, 11) is 0. The molecule has 4 aromatic rings. The molecule has 0 bridgehead atoms. The Labute approximate surface area is 179 Å². The van der Waals surface area contributed by atoms with Gasteiger partial charge in [0.1, 0.15) is 17.1 Å². The van der Waals surface area contributed by atoms with Crippen molar-refractivity contribution in [1.29, 1.82) is 5.26 Å². The monoisotopic (exact) mass is 413 g/mol. The Kier molecular flexibility index (Phi) is 4.38. The fourth-order valence-corrected chi connectivity index (χ4v) is 4.44. The zero-order valence-electron chi connectivity index (χ0n) is 17.4. The Morgan fingerprint density at radius 2 is 2.10 bits per heavy atom. The van der Waals surface area contributed by atoms with Crippen LogP contribution in [0.1, 0.15) is 33.1 Å². The smallest absolute Gasteiger partial charge is 0.111 e. The van der Waals surface area contributed by atoms with Gasteiger partial charge in [0, 0.05) is 24.0 Å². The normalized spacial score (nSPS) is 21.0. The summed E-state index contributed by atoms with van der Waals surface area (Å²) in [6.07, 6.45) is 7.21. The van der Waals surface area contributed by atoms with E-state index in [2.05, 4.69) is 21.3 Å². The third-order valence-corrected chi connectivity index (χ3v) is 6.34. The number of fused-ring (bicyclic) bond motifs is 1. The molecule has 0 saturated heterocycles. The maximum atomic E-state index is 10.4. The molecule has 1 aliphatic rings. The van der Waals surface area contributed by atoms with Crippen LogP contribution in [0.2, 0.25) is 0 Å². The van der Waals surface area contributed by atoms with Crippen LogP contribution in [0, 0.1) is 17.2 Å². The molecule has 8 heteroatoms. The van der Waals surface area contributed by atoms with E-state index >= 15 is 0 Å². The van der Waals surface area contributed by atoms with Gasteiger partial charge in [0.05, 0.1) is 34.8 Å². The molecule has 1 fully saturated rings. The lowest BCUT2D eigenvalue weighted by Crippen LogP contribution is -2.53. The lowest BCUT2D eigenvalue weighted by atomic mass is 9.61. The van der Waals surface area contributed by atoms with Crippen LogP contribution < -0.4 is 0 Å². The van der Waals surface area contributed by atoms with Crippen LogP contribution >= 0.6 is 0 Å². The number of hydrogen-bond donors (Lipinski definition) is 2. The Hall–Kier alpha value is -3.57. The van der Waals surface area contributed by atoms with Crippen molar-refractivity contribution in [1.82, 2.24) is 29.9 Å². The van der Waals surface area contributed by atoms with Crippen LogP contribution in [0.4, 0.5) is 0 Å². The first-order valence-electron chi connectivity index (χ1n) is 10.3. The molecule has 4 heterocycles. The van der Waals surface area contributed by atoms with Crippen LogP contribution in [-0.2, 0) is 5.54 Å². The molecule has 0 spiro atoms. The Balaban J connectivity index is 1.58. The Morgan fingerprint density at radius 1 is 1.26 bits per heavy atom. The molecule has 0 radical (unpaired) electrons. The predicted octanol–water partition coefficient (Wildman–Crippen LogP) is 3.67. The van der Waals surface area contributed by atoms with Crippen LogP contribution in [0.15, 0.2) is 48.9 Å². The molecule has 2 N–H and O–H groups in total. The number of aliphatic hydroxyl groups is 1. The summed E-state index contributed by atoms with van der Waals surface area (Å²) in [6, 6.07) is 11.9. The molecular formula is C23H23N7O. The van der Waals surface area contributed by atoms with E-state index in [1.807, 2.05) is 55.1 Å². The molecule has 0 atom stereocenters. The van der Waals surface area contributed by atoms with Crippen LogP contribution in [-0.4, -0.2) is 40.7 Å². The maximum Gasteiger partial charge on any atom is 0.111 e. The minimum Gasteiger partial charge on any atom is -0.390 e. The molecule has 31 heavy (non-hydrogen) atoms. The Bertz CT molecular complexity index is 1270. The van der Waals surface area contributed by atoms with E-state index in [1.165, 1.54) is 0 Å². The highest BCUT2D eigenvalue weighted by molar-refractivity contribution is 5.93. The molecule has 8 nitrogen and oxygen atoms in total. The summed E-state index contributed by atoms with van der Waals surface area (Å²) in [5.74, 6) is 0.139. The van der Waals surface area contributed by atoms with Gasteiger partial charge < -0.3 is 5.11 Å². The largest absolute Gasteiger partial charge is 0.390 e. The molecule has 0 aliphatic heterocycles. The summed E-state index contributed by atoms with van der Waals surface area (Å²) in [5.41, 5.74) is 2.56. The van der Waals surface area contributed by atoms with Crippen LogP contribution in [0.5, 0.6) is 0 Å². The molecule has 4 aromatic heterocycles. The lowest BCUT2D eigenvalue weighted by Gasteiger charge is -2.51. The zero-order valence-corrected chi connectivity index (χ0v) is 17.4. The number of rotatable bonds is 5. The average Bonchev–Trinajstić information content (AvgIpc) is 3.41. The van der Waals surface area contributed by atoms with Gasteiger partial charge in [0.25, 0.3) is 0 Å². The third-order valence-electron chi connectivity index (χ3n) is 6.34. The first-order valence-corrected chi connectivity index (χ1v) is 10.3. The van der Waals surface area contributed by atoms with Gasteiger partial charge in [-0.25, -0.2) is 4.98 Å². The van der Waals surface area contributed by atoms with Gasteiger partial charge in [-0.3, -0.25) is 14.8 Å². The molecule has 5 rings (SSSR count). The fraction of sp³-hybridized carbons (Fsp3) is 0.348. The summed E-state index contributed by atoms with van der Waals surface area (Å²) < 4.78 is 1.89. The van der Waals surface area contributed by atoms with Crippen molar-refractivity contribution in [2.45, 2.75) is 44.2 Å². The first kappa shape index (κ1) is 19.4. The summed E-state index contributed by atoms with van der Waals surface area (Å²) in [5, 5.41) is 32.6. The highest BCUT2D eigenvalue weighted by Gasteiger charge is 2.51. The number of aromatic amines is 1. The van der Waals surface area contributed by atoms with E-state index in [0.29, 0.717) is 19.3 Å². The number of aromatic nitrogens is 6. The minimum absolute atomic E-state index is 0.139. The standard InChI is InChI=1S/C23H23N7O/c1-22(2,31)15-13-23(14-15,7-8-24)30-11-6-18(29-30)21-16-4-3-9-25-19(16)12-20(27-21)17-5-10-26-28-17/h3-6,9-12,15,31H,7,13-14H2,1-2H3,(H,26,28)/t15-,23-. The van der Waals surface area contributed by atoms with E-state index in [1.54, 1.807) is 12.4 Å². The summed E-state index contributed by atoms with van der Waals surface area (Å²) in [6.45, 7) is 3.65. The van der Waals surface area contributed by atoms with Crippen molar-refractivity contribution in [3.8, 4) is 28.8 Å². The molecule has 156 valence electrons. The Morgan fingerprint density at radius 3 is 2.81 bits per heavy atom. The second-order valence-electron chi connectivity index (χ2n) is 8.85. The second kappa shape index (κ2) is 7.00. The first-order chi connectivity index (χ1) is 14.9. The molecular weight excluding hydrogens is 390 g/mol. The van der Waals surface area contributed by atoms with Crippen LogP contribution in [0.25, 0.3) is 33.7 Å². The lowest BCUT2D eigenvalue weighted by molar-refractivity contribution is -0.0810. The van der Waals surface area contributed by atoms with Gasteiger partial charge in [0.2, 0.25) is 0 Å². The van der Waals surface area contributed by atoms with Gasteiger partial charge in [-0.2, -0.15) is 15.5 Å². The number of nitriles is 1. The van der Waals surface area contributed by atoms with Gasteiger partial charge in [-0.15, -0.1) is 0 Å². The van der Waals surface area contributed by atoms with Crippen molar-refractivity contribution in [3.63, 3.8) is 0 Å². The number of H-pyrrole nitrogens is 1. The molecule has 0 aromatic carbocycles. The molecule has 1 saturated carbocycles. The van der Waals surface area contributed by atoms with Crippen molar-refractivity contribution in [3.05, 3.63) is 48.9 Å². The number of nitrogens with one attached hydrogen (secondary N) is 1. The number of hydrogen-bond acceptors (Lipinski definition) is 6. The summed E-state index contributed by atoms with van der Waals surface area (Å²) >= 11 is 0. The van der Waals surface area contributed by atoms with E-state index in [-0.39, 0.29) is 5.92 Å². The SMILES string of the molecule is CC(C)(O)[C@H]1C[C@](CC#N)(n2ccc(-c3nc(-c4cc[nH]n4)cc4ncccc34)n2)C1. The third kappa shape index (κ3) is 3.27. The van der Waals surface area contributed by atoms with E-state index < -0.39 is 11.1 Å². The van der Waals surface area contributed by atoms with Gasteiger partial charge in [-0.05, 0) is 62.9 Å². The molecule has 0 amide bonds. The summed E-state index contributed by atoms with van der Waals surface area (Å²) in [4.78, 5) is 9.35. The number of nitrogens with zero attached hydrogens (tertiary/aromatic N) is 6. The predicted molar refractivity (Wildman–Crippen MR) is 116 cm³/mol. The highest BCUT2D eigenvalue weighted by Crippen LogP contribution is 2.50. The average molecular weight is 413 g/mol. The van der Waals surface area contributed by atoms with Gasteiger partial charge >= 0.3 is 0 Å². The van der Waals surface area contributed by atoms with E-state index in [4.69, 9.17) is 10.1 Å². The highest BCUT2D eigenvalue weighted by atomic mass is 16.3. The van der Waals surface area contributed by atoms with Gasteiger partial charge in [0.15, 0.2) is 0 Å². The van der Waals surface area contributed by atoms with Crippen molar-refractivity contribution >= 4 is 10.9 Å². The maximum absolute atomic E-state index is 10.4.